The molecular formula is C12H21N3O2. The molecule has 1 aromatic rings. The zero-order valence-corrected chi connectivity index (χ0v) is 10.8. The van der Waals surface area contributed by atoms with E-state index in [1.165, 1.54) is 0 Å². The maximum Gasteiger partial charge on any atom is 0.243 e. The van der Waals surface area contributed by atoms with E-state index in [1.54, 1.807) is 7.11 Å². The topological polar surface area (TPSA) is 74.2 Å². The average Bonchev–Trinajstić information content (AvgIpc) is 2.97. The second-order valence-electron chi connectivity index (χ2n) is 5.13. The minimum absolute atomic E-state index is 0.202. The first kappa shape index (κ1) is 12.5. The summed E-state index contributed by atoms with van der Waals surface area (Å²) in [6, 6.07) is -0.202. The molecule has 5 nitrogen and oxygen atoms in total. The first-order valence-electron chi connectivity index (χ1n) is 6.24. The van der Waals surface area contributed by atoms with Crippen LogP contribution >= 0.6 is 0 Å². The summed E-state index contributed by atoms with van der Waals surface area (Å²) in [6.45, 7) is 4.08. The van der Waals surface area contributed by atoms with Crippen molar-refractivity contribution in [3.63, 3.8) is 0 Å². The van der Waals surface area contributed by atoms with Crippen LogP contribution in [0.15, 0.2) is 4.52 Å². The molecule has 1 aliphatic rings. The van der Waals surface area contributed by atoms with Crippen molar-refractivity contribution in [1.29, 1.82) is 0 Å². The van der Waals surface area contributed by atoms with Gasteiger partial charge in [0.1, 0.15) is 5.60 Å². The van der Waals surface area contributed by atoms with Gasteiger partial charge in [0, 0.05) is 7.11 Å². The number of nitrogens with two attached hydrogens (primary N) is 1. The highest BCUT2D eigenvalue weighted by Gasteiger charge is 2.40. The molecule has 0 saturated heterocycles. The molecule has 0 aliphatic heterocycles. The molecule has 2 N–H and O–H groups in total. The predicted molar refractivity (Wildman–Crippen MR) is 63.2 cm³/mol. The third kappa shape index (κ3) is 2.21. The molecule has 1 fully saturated rings. The smallest absolute Gasteiger partial charge is 0.243 e. The highest BCUT2D eigenvalue weighted by atomic mass is 16.5. The largest absolute Gasteiger partial charge is 0.370 e. The predicted octanol–water partition coefficient (Wildman–Crippen LogP) is 2.14. The SMILES string of the molecule is COC1(c2noc(C(N)C(C)C)n2)CCCC1. The lowest BCUT2D eigenvalue weighted by Crippen LogP contribution is -2.26. The number of nitrogens with zero attached hydrogens (tertiary/aromatic N) is 2. The van der Waals surface area contributed by atoms with Crippen LogP contribution in [0, 0.1) is 5.92 Å². The van der Waals surface area contributed by atoms with Crippen molar-refractivity contribution in [2.75, 3.05) is 7.11 Å². The average molecular weight is 239 g/mol. The van der Waals surface area contributed by atoms with E-state index in [4.69, 9.17) is 15.0 Å². The molecule has 0 spiro atoms. The van der Waals surface area contributed by atoms with E-state index in [9.17, 15) is 0 Å². The van der Waals surface area contributed by atoms with Crippen LogP contribution in [0.1, 0.15) is 57.3 Å². The van der Waals surface area contributed by atoms with Crippen LogP contribution in [-0.2, 0) is 10.3 Å². The van der Waals surface area contributed by atoms with Gasteiger partial charge in [0.25, 0.3) is 0 Å². The Kier molecular flexibility index (Phi) is 3.49. The molecule has 1 saturated carbocycles. The lowest BCUT2D eigenvalue weighted by molar-refractivity contribution is -0.0178. The van der Waals surface area contributed by atoms with E-state index in [0.717, 1.165) is 25.7 Å². The Morgan fingerprint density at radius 2 is 2.00 bits per heavy atom. The van der Waals surface area contributed by atoms with Crippen LogP contribution in [-0.4, -0.2) is 17.3 Å². The van der Waals surface area contributed by atoms with Crippen molar-refractivity contribution in [3.8, 4) is 0 Å². The number of hydrogen-bond acceptors (Lipinski definition) is 5. The molecular weight excluding hydrogens is 218 g/mol. The molecule has 1 aliphatic carbocycles. The maximum absolute atomic E-state index is 6.00. The van der Waals surface area contributed by atoms with Crippen LogP contribution in [0.25, 0.3) is 0 Å². The Morgan fingerprint density at radius 3 is 2.53 bits per heavy atom. The maximum atomic E-state index is 6.00. The molecule has 0 amide bonds. The van der Waals surface area contributed by atoms with Crippen molar-refractivity contribution in [1.82, 2.24) is 10.1 Å². The second-order valence-corrected chi connectivity index (χ2v) is 5.13. The molecule has 1 aromatic heterocycles. The number of hydrogen-bond donors (Lipinski definition) is 1. The molecule has 0 bridgehead atoms. The van der Waals surface area contributed by atoms with Gasteiger partial charge in [-0.05, 0) is 31.6 Å². The van der Waals surface area contributed by atoms with E-state index in [0.29, 0.717) is 11.7 Å². The van der Waals surface area contributed by atoms with Crippen LogP contribution in [0.5, 0.6) is 0 Å². The summed E-state index contributed by atoms with van der Waals surface area (Å²) < 4.78 is 10.9. The van der Waals surface area contributed by atoms with Gasteiger partial charge in [-0.3, -0.25) is 0 Å². The summed E-state index contributed by atoms with van der Waals surface area (Å²) in [7, 11) is 1.71. The van der Waals surface area contributed by atoms with Gasteiger partial charge in [-0.1, -0.05) is 19.0 Å². The molecule has 17 heavy (non-hydrogen) atoms. The Bertz CT molecular complexity index is 370. The molecule has 2 rings (SSSR count). The van der Waals surface area contributed by atoms with Crippen molar-refractivity contribution in [2.45, 2.75) is 51.2 Å². The van der Waals surface area contributed by atoms with Crippen LogP contribution in [0.2, 0.25) is 0 Å². The molecule has 1 unspecified atom stereocenters. The van der Waals surface area contributed by atoms with Gasteiger partial charge in [-0.25, -0.2) is 0 Å². The molecule has 0 aromatic carbocycles. The summed E-state index contributed by atoms with van der Waals surface area (Å²) in [4.78, 5) is 4.43. The summed E-state index contributed by atoms with van der Waals surface area (Å²) >= 11 is 0. The zero-order valence-electron chi connectivity index (χ0n) is 10.8. The number of methoxy groups -OCH3 is 1. The third-order valence-electron chi connectivity index (χ3n) is 3.65. The lowest BCUT2D eigenvalue weighted by Gasteiger charge is -2.22. The van der Waals surface area contributed by atoms with E-state index in [-0.39, 0.29) is 17.6 Å². The van der Waals surface area contributed by atoms with Gasteiger partial charge < -0.3 is 15.0 Å². The fourth-order valence-electron chi connectivity index (χ4n) is 2.31. The number of ether oxygens (including phenoxy) is 1. The summed E-state index contributed by atoms with van der Waals surface area (Å²) in [6.07, 6.45) is 4.21. The summed E-state index contributed by atoms with van der Waals surface area (Å²) in [5.74, 6) is 1.45. The Labute approximate surface area is 102 Å². The normalized spacial score (nSPS) is 21.0. The Balaban J connectivity index is 2.22. The highest BCUT2D eigenvalue weighted by Crippen LogP contribution is 2.40. The van der Waals surface area contributed by atoms with Crippen LogP contribution in [0.3, 0.4) is 0 Å². The highest BCUT2D eigenvalue weighted by molar-refractivity contribution is 5.05. The van der Waals surface area contributed by atoms with Gasteiger partial charge in [-0.2, -0.15) is 4.98 Å². The molecule has 96 valence electrons. The van der Waals surface area contributed by atoms with Gasteiger partial charge in [0.15, 0.2) is 0 Å². The molecule has 1 atom stereocenters. The zero-order chi connectivity index (χ0) is 12.5. The minimum Gasteiger partial charge on any atom is -0.370 e. The second kappa shape index (κ2) is 4.74. The van der Waals surface area contributed by atoms with E-state index in [2.05, 4.69) is 10.1 Å². The van der Waals surface area contributed by atoms with E-state index in [1.807, 2.05) is 13.8 Å². The Hall–Kier alpha value is -0.940. The van der Waals surface area contributed by atoms with E-state index < -0.39 is 0 Å². The molecule has 0 radical (unpaired) electrons. The fraction of sp³-hybridized carbons (Fsp3) is 0.833. The summed E-state index contributed by atoms with van der Waals surface area (Å²) in [5, 5.41) is 4.05. The van der Waals surface area contributed by atoms with Crippen molar-refractivity contribution < 1.29 is 9.26 Å². The first-order chi connectivity index (χ1) is 8.09. The fourth-order valence-corrected chi connectivity index (χ4v) is 2.31. The quantitative estimate of drug-likeness (QED) is 0.871. The van der Waals surface area contributed by atoms with Gasteiger partial charge >= 0.3 is 0 Å². The first-order valence-corrected chi connectivity index (χ1v) is 6.24. The van der Waals surface area contributed by atoms with E-state index >= 15 is 0 Å². The standard InChI is InChI=1S/C12H21N3O2/c1-8(2)9(13)10-14-11(15-17-10)12(16-3)6-4-5-7-12/h8-9H,4-7,13H2,1-3H3. The lowest BCUT2D eigenvalue weighted by atomic mass is 10.0. The summed E-state index contributed by atoms with van der Waals surface area (Å²) in [5.41, 5.74) is 5.65. The Morgan fingerprint density at radius 1 is 1.35 bits per heavy atom. The molecule has 5 heteroatoms. The van der Waals surface area contributed by atoms with Crippen molar-refractivity contribution in [3.05, 3.63) is 11.7 Å². The van der Waals surface area contributed by atoms with Gasteiger partial charge in [0.2, 0.25) is 11.7 Å². The monoisotopic (exact) mass is 239 g/mol. The number of rotatable bonds is 4. The van der Waals surface area contributed by atoms with Crippen LogP contribution < -0.4 is 5.73 Å². The third-order valence-corrected chi connectivity index (χ3v) is 3.65. The van der Waals surface area contributed by atoms with Crippen molar-refractivity contribution in [2.24, 2.45) is 11.7 Å². The van der Waals surface area contributed by atoms with Gasteiger partial charge in [-0.15, -0.1) is 0 Å². The van der Waals surface area contributed by atoms with Crippen molar-refractivity contribution >= 4 is 0 Å². The van der Waals surface area contributed by atoms with Crippen LogP contribution in [0.4, 0.5) is 0 Å². The molecule has 1 heterocycles. The van der Waals surface area contributed by atoms with Gasteiger partial charge in [0.05, 0.1) is 6.04 Å². The minimum atomic E-state index is -0.349. The number of aromatic nitrogens is 2.